The van der Waals surface area contributed by atoms with E-state index in [4.69, 9.17) is 9.90 Å². The molecule has 36 valence electrons. The van der Waals surface area contributed by atoms with Gasteiger partial charge >= 0.3 is 0 Å². The van der Waals surface area contributed by atoms with Crippen molar-refractivity contribution in [2.24, 2.45) is 0 Å². The fourth-order valence-electron chi connectivity index (χ4n) is 0.132. The molecule has 0 fully saturated rings. The van der Waals surface area contributed by atoms with E-state index in [-0.39, 0.29) is 15.9 Å². The van der Waals surface area contributed by atoms with Crippen LogP contribution in [0.5, 0.6) is 0 Å². The minimum Gasteiger partial charge on any atom is -0.432 e. The zero-order valence-corrected chi connectivity index (χ0v) is 4.68. The van der Waals surface area contributed by atoms with Crippen LogP contribution < -0.4 is 0 Å². The monoisotopic (exact) mass is 104 g/mol. The van der Waals surface area contributed by atoms with Crippen molar-refractivity contribution in [1.29, 1.82) is 0 Å². The molecule has 0 bridgehead atoms. The summed E-state index contributed by atoms with van der Waals surface area (Å²) in [7, 11) is -0.112. The van der Waals surface area contributed by atoms with E-state index in [9.17, 15) is 0 Å². The molecule has 6 heavy (non-hydrogen) atoms. The third-order valence-corrected chi connectivity index (χ3v) is 1.16. The van der Waals surface area contributed by atoms with Crippen LogP contribution in [0.3, 0.4) is 0 Å². The van der Waals surface area contributed by atoms with E-state index >= 15 is 0 Å². The number of hydrogen-bond acceptors (Lipinski definition) is 2. The highest BCUT2D eigenvalue weighted by Crippen LogP contribution is 1.83. The molecule has 0 aromatic rings. The van der Waals surface area contributed by atoms with Gasteiger partial charge in [0.25, 0.3) is 0 Å². The SMILES string of the molecule is CC(O)C[Si]O. The first-order chi connectivity index (χ1) is 2.77. The molecule has 0 saturated carbocycles. The highest BCUT2D eigenvalue weighted by Gasteiger charge is 1.90. The summed E-state index contributed by atoms with van der Waals surface area (Å²) in [5, 5.41) is 8.40. The first-order valence-corrected chi connectivity index (χ1v) is 2.98. The molecule has 0 aromatic carbocycles. The van der Waals surface area contributed by atoms with Crippen molar-refractivity contribution >= 4 is 9.76 Å². The highest BCUT2D eigenvalue weighted by atomic mass is 28.2. The second-order valence-electron chi connectivity index (χ2n) is 1.21. The van der Waals surface area contributed by atoms with Gasteiger partial charge in [0, 0.05) is 0 Å². The lowest BCUT2D eigenvalue weighted by atomic mass is 10.5. The Morgan fingerprint density at radius 3 is 2.33 bits per heavy atom. The van der Waals surface area contributed by atoms with E-state index in [0.29, 0.717) is 6.04 Å². The molecule has 0 aliphatic heterocycles. The van der Waals surface area contributed by atoms with Crippen molar-refractivity contribution in [3.63, 3.8) is 0 Å². The molecule has 0 aromatic heterocycles. The van der Waals surface area contributed by atoms with Crippen molar-refractivity contribution in [2.45, 2.75) is 19.1 Å². The largest absolute Gasteiger partial charge is 0.432 e. The molecule has 3 heteroatoms. The van der Waals surface area contributed by atoms with Crippen molar-refractivity contribution in [3.8, 4) is 0 Å². The van der Waals surface area contributed by atoms with Crippen molar-refractivity contribution in [2.75, 3.05) is 0 Å². The minimum absolute atomic E-state index is 0.112. The molecule has 1 unspecified atom stereocenters. The van der Waals surface area contributed by atoms with E-state index in [0.717, 1.165) is 0 Å². The predicted octanol–water partition coefficient (Wildman–Crippen LogP) is -0.603. The summed E-state index contributed by atoms with van der Waals surface area (Å²) >= 11 is 0. The number of aliphatic hydroxyl groups excluding tert-OH is 1. The van der Waals surface area contributed by atoms with Crippen LogP contribution in [-0.2, 0) is 0 Å². The second kappa shape index (κ2) is 3.33. The molecule has 2 nitrogen and oxygen atoms in total. The molecule has 0 heterocycles. The normalized spacial score (nSPS) is 14.5. The van der Waals surface area contributed by atoms with E-state index in [1.54, 1.807) is 6.92 Å². The van der Waals surface area contributed by atoms with Crippen molar-refractivity contribution in [3.05, 3.63) is 0 Å². The van der Waals surface area contributed by atoms with E-state index in [2.05, 4.69) is 0 Å². The van der Waals surface area contributed by atoms with Gasteiger partial charge in [-0.2, -0.15) is 0 Å². The van der Waals surface area contributed by atoms with Crippen LogP contribution in [0.4, 0.5) is 0 Å². The van der Waals surface area contributed by atoms with Crippen LogP contribution in [0.15, 0.2) is 0 Å². The Morgan fingerprint density at radius 1 is 1.83 bits per heavy atom. The van der Waals surface area contributed by atoms with Crippen LogP contribution in [0, 0.1) is 0 Å². The fraction of sp³-hybridized carbons (Fsp3) is 1.00. The number of hydrogen-bond donors (Lipinski definition) is 2. The first-order valence-electron chi connectivity index (χ1n) is 1.82. The van der Waals surface area contributed by atoms with Gasteiger partial charge in [-0.1, -0.05) is 0 Å². The lowest BCUT2D eigenvalue weighted by Crippen LogP contribution is -2.02. The van der Waals surface area contributed by atoms with Crippen LogP contribution in [0.1, 0.15) is 6.92 Å². The lowest BCUT2D eigenvalue weighted by Gasteiger charge is -1.93. The summed E-state index contributed by atoms with van der Waals surface area (Å²) in [5.74, 6) is 0. The maximum atomic E-state index is 8.40. The second-order valence-corrected chi connectivity index (χ2v) is 1.94. The Morgan fingerprint density at radius 2 is 2.33 bits per heavy atom. The van der Waals surface area contributed by atoms with E-state index < -0.39 is 0 Å². The standard InChI is InChI=1S/C3H8O2Si/c1-3(4)2-6-5/h3-5H,2H2,1H3. The van der Waals surface area contributed by atoms with E-state index in [1.807, 2.05) is 0 Å². The third-order valence-electron chi connectivity index (χ3n) is 0.387. The average molecular weight is 104 g/mol. The summed E-state index contributed by atoms with van der Waals surface area (Å²) in [6, 6.07) is 0.514. The van der Waals surface area contributed by atoms with Gasteiger partial charge in [-0.25, -0.2) is 0 Å². The lowest BCUT2D eigenvalue weighted by molar-refractivity contribution is 0.213. The number of aliphatic hydroxyl groups is 1. The van der Waals surface area contributed by atoms with Crippen LogP contribution in [0.25, 0.3) is 0 Å². The first kappa shape index (κ1) is 6.14. The smallest absolute Gasteiger partial charge is 0.226 e. The molecule has 2 radical (unpaired) electrons. The van der Waals surface area contributed by atoms with Gasteiger partial charge in [-0.3, -0.25) is 0 Å². The van der Waals surface area contributed by atoms with Crippen molar-refractivity contribution < 1.29 is 9.90 Å². The molecule has 2 N–H and O–H groups in total. The summed E-state index contributed by atoms with van der Waals surface area (Å²) in [6.45, 7) is 1.66. The average Bonchev–Trinajstić information content (AvgIpc) is 1.35. The number of rotatable bonds is 2. The molecule has 0 spiro atoms. The summed E-state index contributed by atoms with van der Waals surface area (Å²) < 4.78 is 0. The maximum absolute atomic E-state index is 8.40. The van der Waals surface area contributed by atoms with Gasteiger partial charge in [-0.15, -0.1) is 0 Å². The van der Waals surface area contributed by atoms with Gasteiger partial charge in [-0.05, 0) is 13.0 Å². The van der Waals surface area contributed by atoms with Gasteiger partial charge in [0.1, 0.15) is 0 Å². The van der Waals surface area contributed by atoms with Gasteiger partial charge in [0.05, 0.1) is 6.10 Å². The maximum Gasteiger partial charge on any atom is 0.226 e. The Kier molecular flexibility index (Phi) is 3.41. The molecule has 1 atom stereocenters. The van der Waals surface area contributed by atoms with E-state index in [1.165, 1.54) is 0 Å². The quantitative estimate of drug-likeness (QED) is 0.459. The fourth-order valence-corrected chi connectivity index (χ4v) is 0.396. The predicted molar refractivity (Wildman–Crippen MR) is 24.5 cm³/mol. The topological polar surface area (TPSA) is 40.5 Å². The van der Waals surface area contributed by atoms with Gasteiger partial charge < -0.3 is 9.90 Å². The van der Waals surface area contributed by atoms with Crippen molar-refractivity contribution in [1.82, 2.24) is 0 Å². The Balaban J connectivity index is 2.63. The minimum atomic E-state index is -0.340. The van der Waals surface area contributed by atoms with Gasteiger partial charge in [0.15, 0.2) is 0 Å². The Bertz CT molecular complexity index is 30.0. The van der Waals surface area contributed by atoms with Crippen LogP contribution in [-0.4, -0.2) is 25.8 Å². The molecular weight excluding hydrogens is 96.1 g/mol. The third kappa shape index (κ3) is 4.14. The molecule has 0 amide bonds. The summed E-state index contributed by atoms with van der Waals surface area (Å²) in [5.41, 5.74) is 0. The molecule has 0 rings (SSSR count). The summed E-state index contributed by atoms with van der Waals surface area (Å²) in [6.07, 6.45) is -0.340. The van der Waals surface area contributed by atoms with Crippen LogP contribution >= 0.6 is 0 Å². The van der Waals surface area contributed by atoms with Gasteiger partial charge in [0.2, 0.25) is 9.76 Å². The molecule has 0 saturated heterocycles. The molecule has 0 aliphatic carbocycles. The highest BCUT2D eigenvalue weighted by molar-refractivity contribution is 6.25. The summed E-state index contributed by atoms with van der Waals surface area (Å²) in [4.78, 5) is 8.10. The van der Waals surface area contributed by atoms with Crippen LogP contribution in [0.2, 0.25) is 6.04 Å². The Hall–Kier alpha value is 0.137. The molecular formula is C3H8O2Si. The zero-order valence-electron chi connectivity index (χ0n) is 3.68. The molecule has 0 aliphatic rings. The zero-order chi connectivity index (χ0) is 4.99. The Labute approximate surface area is 39.8 Å².